The van der Waals surface area contributed by atoms with E-state index in [2.05, 4.69) is 5.32 Å². The first kappa shape index (κ1) is 15.0. The van der Waals surface area contributed by atoms with Crippen molar-refractivity contribution in [2.75, 3.05) is 5.32 Å². The zero-order valence-corrected chi connectivity index (χ0v) is 11.0. The van der Waals surface area contributed by atoms with Gasteiger partial charge in [-0.3, -0.25) is 14.9 Å². The minimum Gasteiger partial charge on any atom is -0.872 e. The normalized spacial score (nSPS) is 10.0. The molecule has 0 atom stereocenters. The van der Waals surface area contributed by atoms with Crippen molar-refractivity contribution in [3.8, 4) is 5.75 Å². The van der Waals surface area contributed by atoms with Gasteiger partial charge in [-0.25, -0.2) is 4.79 Å². The number of hydrogen-bond donors (Lipinski definition) is 2. The van der Waals surface area contributed by atoms with Crippen LogP contribution < -0.4 is 10.4 Å². The van der Waals surface area contributed by atoms with Gasteiger partial charge in [0.25, 0.3) is 11.6 Å². The van der Waals surface area contributed by atoms with E-state index in [0.29, 0.717) is 5.69 Å². The second-order valence-electron chi connectivity index (χ2n) is 4.27. The molecule has 0 fully saturated rings. The molecule has 2 N–H and O–H groups in total. The summed E-state index contributed by atoms with van der Waals surface area (Å²) in [6.07, 6.45) is 0. The molecule has 0 spiro atoms. The van der Waals surface area contributed by atoms with Crippen LogP contribution in [0.25, 0.3) is 0 Å². The molecule has 2 aromatic rings. The van der Waals surface area contributed by atoms with Crippen molar-refractivity contribution in [3.05, 3.63) is 63.7 Å². The fourth-order valence-electron chi connectivity index (χ4n) is 1.76. The minimum absolute atomic E-state index is 0.218. The number of aromatic carboxylic acids is 1. The van der Waals surface area contributed by atoms with E-state index in [4.69, 9.17) is 5.11 Å². The number of benzene rings is 2. The molecule has 2 aromatic carbocycles. The van der Waals surface area contributed by atoms with E-state index in [-0.39, 0.29) is 11.3 Å². The predicted molar refractivity (Wildman–Crippen MR) is 73.9 cm³/mol. The van der Waals surface area contributed by atoms with E-state index in [1.54, 1.807) is 0 Å². The number of carboxylic acids is 1. The smallest absolute Gasteiger partial charge is 0.336 e. The van der Waals surface area contributed by atoms with Gasteiger partial charge >= 0.3 is 5.97 Å². The molecule has 0 aromatic heterocycles. The van der Waals surface area contributed by atoms with Crippen LogP contribution in [-0.2, 0) is 0 Å². The molecule has 0 unspecified atom stereocenters. The highest BCUT2D eigenvalue weighted by molar-refractivity contribution is 6.11. The maximum Gasteiger partial charge on any atom is 0.336 e. The number of nitro benzene ring substituents is 1. The van der Waals surface area contributed by atoms with Crippen LogP contribution in [0, 0.1) is 10.1 Å². The summed E-state index contributed by atoms with van der Waals surface area (Å²) in [7, 11) is 0. The van der Waals surface area contributed by atoms with Gasteiger partial charge in [-0.05, 0) is 18.2 Å². The lowest BCUT2D eigenvalue weighted by Crippen LogP contribution is -2.16. The summed E-state index contributed by atoms with van der Waals surface area (Å²) < 4.78 is 0. The Morgan fingerprint density at radius 2 is 1.68 bits per heavy atom. The molecule has 8 nitrogen and oxygen atoms in total. The van der Waals surface area contributed by atoms with Crippen LogP contribution in [0.4, 0.5) is 11.4 Å². The Morgan fingerprint density at radius 1 is 1.05 bits per heavy atom. The average Bonchev–Trinajstić information content (AvgIpc) is 2.48. The first-order valence-corrected chi connectivity index (χ1v) is 5.98. The predicted octanol–water partition coefficient (Wildman–Crippen LogP) is 1.62. The third kappa shape index (κ3) is 3.18. The van der Waals surface area contributed by atoms with Crippen LogP contribution in [0.1, 0.15) is 20.7 Å². The molecular weight excluding hydrogens is 292 g/mol. The first-order chi connectivity index (χ1) is 10.4. The summed E-state index contributed by atoms with van der Waals surface area (Å²) in [6, 6.07) is 8.14. The molecule has 0 bridgehead atoms. The highest BCUT2D eigenvalue weighted by atomic mass is 16.6. The molecule has 1 amide bonds. The van der Waals surface area contributed by atoms with Crippen LogP contribution in [0.3, 0.4) is 0 Å². The summed E-state index contributed by atoms with van der Waals surface area (Å²) in [4.78, 5) is 33.2. The van der Waals surface area contributed by atoms with Crippen molar-refractivity contribution in [3.63, 3.8) is 0 Å². The molecular formula is C14H9N2O6-. The Labute approximate surface area is 123 Å². The number of rotatable bonds is 4. The average molecular weight is 301 g/mol. The molecule has 0 saturated carbocycles. The maximum absolute atomic E-state index is 12.1. The number of hydrogen-bond acceptors (Lipinski definition) is 5. The van der Waals surface area contributed by atoms with Gasteiger partial charge in [0.2, 0.25) is 0 Å². The molecule has 0 aliphatic carbocycles. The number of non-ortho nitro benzene ring substituents is 1. The van der Waals surface area contributed by atoms with E-state index in [0.717, 1.165) is 18.2 Å². The number of carboxylic acid groups (broad SMARTS) is 1. The summed E-state index contributed by atoms with van der Waals surface area (Å²) in [5.74, 6) is -2.44. The SMILES string of the molecule is O=C(O)c1cc([N+](=O)[O-])ccc1C(=O)Nc1ccc([O-])cc1. The molecule has 2 rings (SSSR count). The highest BCUT2D eigenvalue weighted by Gasteiger charge is 2.20. The number of nitrogens with one attached hydrogen (secondary N) is 1. The summed E-state index contributed by atoms with van der Waals surface area (Å²) in [5, 5.41) is 33.1. The largest absolute Gasteiger partial charge is 0.872 e. The molecule has 0 saturated heterocycles. The highest BCUT2D eigenvalue weighted by Crippen LogP contribution is 2.20. The van der Waals surface area contributed by atoms with Crippen molar-refractivity contribution < 1.29 is 24.7 Å². The Kier molecular flexibility index (Phi) is 4.03. The third-order valence-corrected chi connectivity index (χ3v) is 2.80. The first-order valence-electron chi connectivity index (χ1n) is 5.98. The Hall–Kier alpha value is -3.42. The number of amides is 1. The van der Waals surface area contributed by atoms with Crippen molar-refractivity contribution in [1.82, 2.24) is 0 Å². The molecule has 0 aliphatic rings. The van der Waals surface area contributed by atoms with E-state index in [9.17, 15) is 24.8 Å². The van der Waals surface area contributed by atoms with Crippen molar-refractivity contribution in [2.24, 2.45) is 0 Å². The van der Waals surface area contributed by atoms with E-state index < -0.39 is 28.1 Å². The molecule has 112 valence electrons. The van der Waals surface area contributed by atoms with Gasteiger partial charge in [-0.1, -0.05) is 12.1 Å². The lowest BCUT2D eigenvalue weighted by molar-refractivity contribution is -0.384. The van der Waals surface area contributed by atoms with Crippen molar-refractivity contribution in [1.29, 1.82) is 0 Å². The number of nitro groups is 1. The second-order valence-corrected chi connectivity index (χ2v) is 4.27. The van der Waals surface area contributed by atoms with Gasteiger partial charge < -0.3 is 15.5 Å². The molecule has 8 heteroatoms. The molecule has 0 heterocycles. The number of carbonyl (C=O) groups excluding carboxylic acids is 1. The number of anilines is 1. The third-order valence-electron chi connectivity index (χ3n) is 2.80. The van der Waals surface area contributed by atoms with Crippen LogP contribution in [0.2, 0.25) is 0 Å². The quantitative estimate of drug-likeness (QED) is 0.651. The van der Waals surface area contributed by atoms with Gasteiger partial charge in [-0.2, -0.15) is 0 Å². The Morgan fingerprint density at radius 3 is 2.23 bits per heavy atom. The van der Waals surface area contributed by atoms with Crippen molar-refractivity contribution in [2.45, 2.75) is 0 Å². The molecule has 22 heavy (non-hydrogen) atoms. The summed E-state index contributed by atoms with van der Waals surface area (Å²) >= 11 is 0. The fourth-order valence-corrected chi connectivity index (χ4v) is 1.76. The lowest BCUT2D eigenvalue weighted by Gasteiger charge is -2.09. The fraction of sp³-hybridized carbons (Fsp3) is 0. The Bertz CT molecular complexity index is 754. The van der Waals surface area contributed by atoms with Gasteiger partial charge in [0.1, 0.15) is 0 Å². The van der Waals surface area contributed by atoms with E-state index in [1.807, 2.05) is 0 Å². The molecule has 0 aliphatic heterocycles. The van der Waals surface area contributed by atoms with E-state index in [1.165, 1.54) is 24.3 Å². The van der Waals surface area contributed by atoms with Gasteiger partial charge in [0.05, 0.1) is 16.1 Å². The van der Waals surface area contributed by atoms with Gasteiger partial charge in [0.15, 0.2) is 0 Å². The van der Waals surface area contributed by atoms with Crippen LogP contribution >= 0.6 is 0 Å². The van der Waals surface area contributed by atoms with Crippen molar-refractivity contribution >= 4 is 23.3 Å². The summed E-state index contributed by atoms with van der Waals surface area (Å²) in [6.45, 7) is 0. The van der Waals surface area contributed by atoms with Crippen LogP contribution in [-0.4, -0.2) is 21.9 Å². The summed E-state index contributed by atoms with van der Waals surface area (Å²) in [5.41, 5.74) is -0.819. The van der Waals surface area contributed by atoms with Gasteiger partial charge in [-0.15, -0.1) is 5.75 Å². The Balaban J connectivity index is 2.34. The number of nitrogens with zero attached hydrogens (tertiary/aromatic N) is 1. The number of carbonyl (C=O) groups is 2. The minimum atomic E-state index is -1.45. The topological polar surface area (TPSA) is 133 Å². The zero-order chi connectivity index (χ0) is 16.3. The van der Waals surface area contributed by atoms with Crippen LogP contribution in [0.15, 0.2) is 42.5 Å². The zero-order valence-electron chi connectivity index (χ0n) is 11.0. The van der Waals surface area contributed by atoms with Crippen LogP contribution in [0.5, 0.6) is 5.75 Å². The second kappa shape index (κ2) is 5.92. The molecule has 0 radical (unpaired) electrons. The van der Waals surface area contributed by atoms with E-state index >= 15 is 0 Å². The lowest BCUT2D eigenvalue weighted by atomic mass is 10.1. The standard InChI is InChI=1S/C14H10N2O6/c17-10-4-1-8(2-5-10)15-13(18)11-6-3-9(16(21)22)7-12(11)14(19)20/h1-7,17H,(H,15,18)(H,19,20)/p-1. The maximum atomic E-state index is 12.1. The monoisotopic (exact) mass is 301 g/mol. The van der Waals surface area contributed by atoms with Gasteiger partial charge in [0, 0.05) is 17.8 Å².